The van der Waals surface area contributed by atoms with E-state index in [0.717, 1.165) is 12.2 Å². The Morgan fingerprint density at radius 3 is 2.67 bits per heavy atom. The Balaban J connectivity index is 2.87. The summed E-state index contributed by atoms with van der Waals surface area (Å²) < 4.78 is 1.96. The summed E-state index contributed by atoms with van der Waals surface area (Å²) in [7, 11) is 1.95. The van der Waals surface area contributed by atoms with Gasteiger partial charge in [0.2, 0.25) is 0 Å². The van der Waals surface area contributed by atoms with Crippen molar-refractivity contribution in [2.45, 2.75) is 32.3 Å². The van der Waals surface area contributed by atoms with Crippen LogP contribution in [0.25, 0.3) is 0 Å². The van der Waals surface area contributed by atoms with Crippen LogP contribution in [-0.2, 0) is 7.05 Å². The molecular weight excluding hydrogens is 152 g/mol. The largest absolute Gasteiger partial charge is 0.393 e. The molecule has 0 aliphatic heterocycles. The zero-order valence-electron chi connectivity index (χ0n) is 7.86. The van der Waals surface area contributed by atoms with E-state index in [1.165, 1.54) is 0 Å². The van der Waals surface area contributed by atoms with Crippen molar-refractivity contribution in [3.8, 4) is 0 Å². The molecule has 3 nitrogen and oxygen atoms in total. The molecule has 12 heavy (non-hydrogen) atoms. The predicted octanol–water partition coefficient (Wildman–Crippen LogP) is 1.29. The van der Waals surface area contributed by atoms with Crippen LogP contribution in [0, 0.1) is 0 Å². The Labute approximate surface area is 73.1 Å². The van der Waals surface area contributed by atoms with Crippen LogP contribution in [0.15, 0.2) is 12.4 Å². The van der Waals surface area contributed by atoms with Crippen LogP contribution in [0.1, 0.15) is 32.0 Å². The van der Waals surface area contributed by atoms with Gasteiger partial charge in [-0.05, 0) is 13.3 Å². The minimum absolute atomic E-state index is 0.157. The minimum atomic E-state index is -0.323. The lowest BCUT2D eigenvalue weighted by Gasteiger charge is -2.17. The summed E-state index contributed by atoms with van der Waals surface area (Å²) in [4.78, 5) is 4.21. The van der Waals surface area contributed by atoms with Gasteiger partial charge in [0.15, 0.2) is 0 Å². The average molecular weight is 168 g/mol. The molecule has 2 atom stereocenters. The number of hydrogen-bond acceptors (Lipinski definition) is 2. The smallest absolute Gasteiger partial charge is 0.114 e. The van der Waals surface area contributed by atoms with Gasteiger partial charge in [-0.25, -0.2) is 4.98 Å². The number of rotatable bonds is 3. The number of aliphatic hydroxyl groups is 1. The molecule has 1 aromatic rings. The quantitative estimate of drug-likeness (QED) is 0.738. The van der Waals surface area contributed by atoms with Gasteiger partial charge in [0.1, 0.15) is 5.82 Å². The number of imidazole rings is 1. The van der Waals surface area contributed by atoms with Crippen molar-refractivity contribution in [3.05, 3.63) is 18.2 Å². The molecular formula is C9H16N2O. The van der Waals surface area contributed by atoms with E-state index >= 15 is 0 Å². The van der Waals surface area contributed by atoms with Gasteiger partial charge in [-0.1, -0.05) is 6.92 Å². The number of hydrogen-bond donors (Lipinski definition) is 1. The van der Waals surface area contributed by atoms with E-state index in [-0.39, 0.29) is 12.0 Å². The summed E-state index contributed by atoms with van der Waals surface area (Å²) in [6.45, 7) is 3.87. The molecule has 3 heteroatoms. The van der Waals surface area contributed by atoms with Gasteiger partial charge in [-0.2, -0.15) is 0 Å². The molecule has 0 fully saturated rings. The Bertz CT molecular complexity index is 242. The lowest BCUT2D eigenvalue weighted by molar-refractivity contribution is 0.154. The summed E-state index contributed by atoms with van der Waals surface area (Å²) in [5.74, 6) is 1.12. The minimum Gasteiger partial charge on any atom is -0.393 e. The molecule has 0 aliphatic carbocycles. The molecule has 0 saturated heterocycles. The third-order valence-corrected chi connectivity index (χ3v) is 2.21. The Morgan fingerprint density at radius 2 is 2.33 bits per heavy atom. The van der Waals surface area contributed by atoms with Gasteiger partial charge in [0.05, 0.1) is 6.10 Å². The molecule has 2 unspecified atom stereocenters. The summed E-state index contributed by atoms with van der Waals surface area (Å²) in [5, 5.41) is 9.46. The highest BCUT2D eigenvalue weighted by atomic mass is 16.3. The summed E-state index contributed by atoms with van der Waals surface area (Å²) in [6, 6.07) is 0. The molecule has 1 heterocycles. The fourth-order valence-electron chi connectivity index (χ4n) is 1.47. The van der Waals surface area contributed by atoms with Crippen LogP contribution >= 0.6 is 0 Å². The van der Waals surface area contributed by atoms with Crippen molar-refractivity contribution in [2.24, 2.45) is 7.05 Å². The number of nitrogens with zero attached hydrogens (tertiary/aromatic N) is 2. The van der Waals surface area contributed by atoms with Crippen molar-refractivity contribution < 1.29 is 5.11 Å². The molecule has 1 aromatic heterocycles. The lowest BCUT2D eigenvalue weighted by Crippen LogP contribution is -2.17. The van der Waals surface area contributed by atoms with Gasteiger partial charge in [-0.3, -0.25) is 0 Å². The second-order valence-corrected chi connectivity index (χ2v) is 3.15. The zero-order chi connectivity index (χ0) is 9.14. The fourth-order valence-corrected chi connectivity index (χ4v) is 1.47. The highest BCUT2D eigenvalue weighted by molar-refractivity contribution is 5.01. The highest BCUT2D eigenvalue weighted by Gasteiger charge is 2.18. The maximum absolute atomic E-state index is 9.46. The highest BCUT2D eigenvalue weighted by Crippen LogP contribution is 2.20. The molecule has 0 amide bonds. The third kappa shape index (κ3) is 1.67. The summed E-state index contributed by atoms with van der Waals surface area (Å²) >= 11 is 0. The molecule has 0 bridgehead atoms. The number of aromatic nitrogens is 2. The zero-order valence-corrected chi connectivity index (χ0v) is 7.86. The van der Waals surface area contributed by atoms with Crippen molar-refractivity contribution in [1.29, 1.82) is 0 Å². The van der Waals surface area contributed by atoms with Crippen LogP contribution in [0.3, 0.4) is 0 Å². The number of aryl methyl sites for hydroxylation is 1. The lowest BCUT2D eigenvalue weighted by atomic mass is 10.00. The van der Waals surface area contributed by atoms with E-state index in [4.69, 9.17) is 0 Å². The van der Waals surface area contributed by atoms with Crippen LogP contribution in [0.4, 0.5) is 0 Å². The van der Waals surface area contributed by atoms with Crippen LogP contribution in [0.2, 0.25) is 0 Å². The SMILES string of the molecule is CCC(c1nccn1C)C(C)O. The maximum atomic E-state index is 9.46. The van der Waals surface area contributed by atoms with E-state index in [0.29, 0.717) is 0 Å². The van der Waals surface area contributed by atoms with Crippen molar-refractivity contribution in [2.75, 3.05) is 0 Å². The maximum Gasteiger partial charge on any atom is 0.114 e. The topological polar surface area (TPSA) is 38.0 Å². The van der Waals surface area contributed by atoms with E-state index in [2.05, 4.69) is 11.9 Å². The molecule has 68 valence electrons. The van der Waals surface area contributed by atoms with Gasteiger partial charge in [0.25, 0.3) is 0 Å². The molecule has 1 rings (SSSR count). The first-order valence-corrected chi connectivity index (χ1v) is 4.32. The van der Waals surface area contributed by atoms with Gasteiger partial charge < -0.3 is 9.67 Å². The second kappa shape index (κ2) is 3.72. The molecule has 1 N–H and O–H groups in total. The van der Waals surface area contributed by atoms with Crippen LogP contribution < -0.4 is 0 Å². The van der Waals surface area contributed by atoms with Crippen LogP contribution in [-0.4, -0.2) is 20.8 Å². The van der Waals surface area contributed by atoms with Crippen LogP contribution in [0.5, 0.6) is 0 Å². The molecule has 0 saturated carbocycles. The van der Waals surface area contributed by atoms with E-state index in [1.54, 1.807) is 6.20 Å². The summed E-state index contributed by atoms with van der Waals surface area (Å²) in [5.41, 5.74) is 0. The van der Waals surface area contributed by atoms with Crippen molar-refractivity contribution in [3.63, 3.8) is 0 Å². The third-order valence-electron chi connectivity index (χ3n) is 2.21. The van der Waals surface area contributed by atoms with E-state index in [1.807, 2.05) is 24.7 Å². The van der Waals surface area contributed by atoms with E-state index in [9.17, 15) is 5.11 Å². The first-order valence-electron chi connectivity index (χ1n) is 4.32. The van der Waals surface area contributed by atoms with Gasteiger partial charge in [0, 0.05) is 25.4 Å². The second-order valence-electron chi connectivity index (χ2n) is 3.15. The monoisotopic (exact) mass is 168 g/mol. The molecule has 0 aromatic carbocycles. The Hall–Kier alpha value is -0.830. The molecule has 0 radical (unpaired) electrons. The van der Waals surface area contributed by atoms with Gasteiger partial charge >= 0.3 is 0 Å². The predicted molar refractivity (Wildman–Crippen MR) is 47.9 cm³/mol. The fraction of sp³-hybridized carbons (Fsp3) is 0.667. The Kier molecular flexibility index (Phi) is 2.87. The summed E-state index contributed by atoms with van der Waals surface area (Å²) in [6.07, 6.45) is 4.26. The van der Waals surface area contributed by atoms with Gasteiger partial charge in [-0.15, -0.1) is 0 Å². The van der Waals surface area contributed by atoms with E-state index < -0.39 is 0 Å². The van der Waals surface area contributed by atoms with Crippen molar-refractivity contribution in [1.82, 2.24) is 9.55 Å². The average Bonchev–Trinajstić information content (AvgIpc) is 2.38. The first-order chi connectivity index (χ1) is 5.66. The molecule has 0 spiro atoms. The number of aliphatic hydroxyl groups excluding tert-OH is 1. The van der Waals surface area contributed by atoms with Crippen molar-refractivity contribution >= 4 is 0 Å². The Morgan fingerprint density at radius 1 is 1.67 bits per heavy atom. The molecule has 0 aliphatic rings. The first kappa shape index (κ1) is 9.26. The standard InChI is InChI=1S/C9H16N2O/c1-4-8(7(2)12)9-10-5-6-11(9)3/h5-8,12H,4H2,1-3H3. The normalized spacial score (nSPS) is 16.0.